The van der Waals surface area contributed by atoms with Crippen molar-refractivity contribution in [3.8, 4) is 0 Å². The summed E-state index contributed by atoms with van der Waals surface area (Å²) < 4.78 is 5.90. The number of nitrogens with zero attached hydrogens (tertiary/aromatic N) is 1. The molecule has 0 amide bonds. The van der Waals surface area contributed by atoms with Crippen LogP contribution < -0.4 is 5.32 Å². The van der Waals surface area contributed by atoms with Crippen LogP contribution in [0.2, 0.25) is 0 Å². The lowest BCUT2D eigenvalue weighted by molar-refractivity contribution is 0.00401. The topological polar surface area (TPSA) is 88.5 Å². The molecule has 2 aromatic rings. The minimum absolute atomic E-state index is 0.0380. The van der Waals surface area contributed by atoms with Crippen LogP contribution in [0.4, 0.5) is 0 Å². The van der Waals surface area contributed by atoms with Crippen LogP contribution in [0.3, 0.4) is 0 Å². The molecular formula is C21H22N2O4S. The number of benzene rings is 1. The molecule has 1 aliphatic rings. The lowest BCUT2D eigenvalue weighted by Crippen LogP contribution is -2.54. The molecule has 1 heterocycles. The highest BCUT2D eigenvalue weighted by Crippen LogP contribution is 2.42. The lowest BCUT2D eigenvalue weighted by Gasteiger charge is -2.43. The first kappa shape index (κ1) is 19.9. The fourth-order valence-electron chi connectivity index (χ4n) is 3.91. The minimum atomic E-state index is -1.17. The number of likely N-dealkylation sites (N-methyl/N-ethyl adjacent to an activating group) is 1. The Morgan fingerprint density at radius 1 is 1.21 bits per heavy atom. The summed E-state index contributed by atoms with van der Waals surface area (Å²) in [5.41, 5.74) is 0.158. The third-order valence-electron chi connectivity index (χ3n) is 5.27. The number of pyridine rings is 1. The highest BCUT2D eigenvalue weighted by atomic mass is 32.1. The van der Waals surface area contributed by atoms with Gasteiger partial charge in [-0.15, -0.1) is 0 Å². The van der Waals surface area contributed by atoms with Gasteiger partial charge in [0.25, 0.3) is 0 Å². The standard InChI is InChI=1S/C21H22N2O4S/c1-22-20(28)21(14-7-6-12-23-13-14)11-5-4-10-17(21)27-19(26)16-9-3-2-8-15(16)18(24)25/h2-3,6-9,12-13,17H,4-5,10-11H2,1H3,(H,22,28)(H,24,25)/t17-,21+/m1/s1. The largest absolute Gasteiger partial charge is 0.478 e. The summed E-state index contributed by atoms with van der Waals surface area (Å²) in [5.74, 6) is -1.82. The van der Waals surface area contributed by atoms with Gasteiger partial charge in [-0.3, -0.25) is 4.98 Å². The molecule has 2 N–H and O–H groups in total. The third-order valence-corrected chi connectivity index (χ3v) is 5.84. The summed E-state index contributed by atoms with van der Waals surface area (Å²) in [6.07, 6.45) is 6.12. The molecule has 3 rings (SSSR count). The molecule has 0 unspecified atom stereocenters. The Morgan fingerprint density at radius 2 is 1.96 bits per heavy atom. The number of rotatable bonds is 5. The van der Waals surface area contributed by atoms with Crippen molar-refractivity contribution in [1.29, 1.82) is 0 Å². The van der Waals surface area contributed by atoms with Crippen molar-refractivity contribution in [3.63, 3.8) is 0 Å². The second kappa shape index (κ2) is 8.48. The molecule has 1 fully saturated rings. The van der Waals surface area contributed by atoms with Crippen molar-refractivity contribution in [2.75, 3.05) is 7.05 Å². The van der Waals surface area contributed by atoms with Gasteiger partial charge in [-0.2, -0.15) is 0 Å². The molecule has 7 heteroatoms. The molecule has 1 aromatic carbocycles. The van der Waals surface area contributed by atoms with Gasteiger partial charge in [-0.1, -0.05) is 36.8 Å². The molecule has 6 nitrogen and oxygen atoms in total. The van der Waals surface area contributed by atoms with Crippen molar-refractivity contribution < 1.29 is 19.4 Å². The van der Waals surface area contributed by atoms with Gasteiger partial charge in [0.2, 0.25) is 0 Å². The number of thiocarbonyl (C=S) groups is 1. The fraction of sp³-hybridized carbons (Fsp3) is 0.333. The number of carboxylic acids is 1. The Balaban J connectivity index is 2.00. The van der Waals surface area contributed by atoms with Crippen molar-refractivity contribution in [3.05, 3.63) is 65.5 Å². The van der Waals surface area contributed by atoms with Crippen LogP contribution in [-0.2, 0) is 10.2 Å². The predicted molar refractivity (Wildman–Crippen MR) is 109 cm³/mol. The SMILES string of the molecule is CNC(=S)[C@]1(c2cccnc2)CCCC[C@H]1OC(=O)c1ccccc1C(=O)O. The molecule has 0 aliphatic heterocycles. The van der Waals surface area contributed by atoms with Crippen molar-refractivity contribution in [2.45, 2.75) is 37.2 Å². The van der Waals surface area contributed by atoms with E-state index in [1.165, 1.54) is 12.1 Å². The van der Waals surface area contributed by atoms with E-state index in [4.69, 9.17) is 17.0 Å². The summed E-state index contributed by atoms with van der Waals surface area (Å²) in [4.78, 5) is 29.2. The van der Waals surface area contributed by atoms with Gasteiger partial charge in [0, 0.05) is 19.4 Å². The first-order chi connectivity index (χ1) is 13.5. The number of esters is 1. The lowest BCUT2D eigenvalue weighted by atomic mass is 9.67. The molecule has 1 aliphatic carbocycles. The zero-order chi connectivity index (χ0) is 20.1. The van der Waals surface area contributed by atoms with Crippen LogP contribution >= 0.6 is 12.2 Å². The number of carbonyl (C=O) groups excluding carboxylic acids is 1. The molecule has 1 saturated carbocycles. The number of carboxylic acid groups (broad SMARTS) is 1. The zero-order valence-corrected chi connectivity index (χ0v) is 16.4. The maximum Gasteiger partial charge on any atom is 0.339 e. The first-order valence-electron chi connectivity index (χ1n) is 9.16. The normalized spacial score (nSPS) is 21.5. The van der Waals surface area contributed by atoms with Gasteiger partial charge in [0.1, 0.15) is 6.10 Å². The number of nitrogens with one attached hydrogen (secondary N) is 1. The number of hydrogen-bond donors (Lipinski definition) is 2. The van der Waals surface area contributed by atoms with Crippen LogP contribution in [0.5, 0.6) is 0 Å². The van der Waals surface area contributed by atoms with E-state index < -0.39 is 23.5 Å². The Bertz CT molecular complexity index is 887. The van der Waals surface area contributed by atoms with E-state index in [1.54, 1.807) is 31.6 Å². The van der Waals surface area contributed by atoms with Crippen molar-refractivity contribution >= 4 is 29.1 Å². The van der Waals surface area contributed by atoms with Crippen LogP contribution in [-0.4, -0.2) is 40.2 Å². The van der Waals surface area contributed by atoms with E-state index >= 15 is 0 Å². The fourth-order valence-corrected chi connectivity index (χ4v) is 4.26. The van der Waals surface area contributed by atoms with E-state index in [1.807, 2.05) is 12.1 Å². The Labute approximate surface area is 168 Å². The maximum absolute atomic E-state index is 12.9. The van der Waals surface area contributed by atoms with E-state index in [0.717, 1.165) is 24.8 Å². The molecule has 0 spiro atoms. The van der Waals surface area contributed by atoms with Crippen molar-refractivity contribution in [1.82, 2.24) is 10.3 Å². The van der Waals surface area contributed by atoms with Crippen LogP contribution in [0.25, 0.3) is 0 Å². The first-order valence-corrected chi connectivity index (χ1v) is 9.57. The second-order valence-corrected chi connectivity index (χ2v) is 7.19. The molecular weight excluding hydrogens is 376 g/mol. The van der Waals surface area contributed by atoms with E-state index in [0.29, 0.717) is 11.4 Å². The van der Waals surface area contributed by atoms with Gasteiger partial charge in [-0.05, 0) is 43.0 Å². The summed E-state index contributed by atoms with van der Waals surface area (Å²) in [6.45, 7) is 0. The van der Waals surface area contributed by atoms with E-state index in [9.17, 15) is 14.7 Å². The average Bonchev–Trinajstić information content (AvgIpc) is 2.74. The highest BCUT2D eigenvalue weighted by molar-refractivity contribution is 7.80. The number of hydrogen-bond acceptors (Lipinski definition) is 5. The number of aromatic nitrogens is 1. The predicted octanol–water partition coefficient (Wildman–Crippen LogP) is 3.36. The summed E-state index contributed by atoms with van der Waals surface area (Å²) in [6, 6.07) is 9.84. The van der Waals surface area contributed by atoms with Crippen LogP contribution in [0, 0.1) is 0 Å². The Hall–Kier alpha value is -2.80. The van der Waals surface area contributed by atoms with Gasteiger partial charge >= 0.3 is 11.9 Å². The number of aromatic carboxylic acids is 1. The molecule has 0 bridgehead atoms. The second-order valence-electron chi connectivity index (χ2n) is 6.78. The molecule has 0 saturated heterocycles. The highest BCUT2D eigenvalue weighted by Gasteiger charge is 2.48. The van der Waals surface area contributed by atoms with E-state index in [-0.39, 0.29) is 11.1 Å². The average molecular weight is 398 g/mol. The van der Waals surface area contributed by atoms with E-state index in [2.05, 4.69) is 10.3 Å². The quantitative estimate of drug-likeness (QED) is 0.590. The molecule has 2 atom stereocenters. The van der Waals surface area contributed by atoms with Crippen molar-refractivity contribution in [2.24, 2.45) is 0 Å². The van der Waals surface area contributed by atoms with Gasteiger partial charge in [-0.25, -0.2) is 9.59 Å². The molecule has 1 aromatic heterocycles. The third kappa shape index (κ3) is 3.62. The summed E-state index contributed by atoms with van der Waals surface area (Å²) in [5, 5.41) is 12.4. The molecule has 146 valence electrons. The van der Waals surface area contributed by atoms with Gasteiger partial charge in [0.05, 0.1) is 21.5 Å². The van der Waals surface area contributed by atoms with Gasteiger partial charge in [0.15, 0.2) is 0 Å². The zero-order valence-electron chi connectivity index (χ0n) is 15.6. The Morgan fingerprint density at radius 3 is 2.61 bits per heavy atom. The molecule has 0 radical (unpaired) electrons. The number of carbonyl (C=O) groups is 2. The summed E-state index contributed by atoms with van der Waals surface area (Å²) in [7, 11) is 1.76. The van der Waals surface area contributed by atoms with Gasteiger partial charge < -0.3 is 15.2 Å². The van der Waals surface area contributed by atoms with Crippen LogP contribution in [0.1, 0.15) is 52.0 Å². The summed E-state index contributed by atoms with van der Waals surface area (Å²) >= 11 is 5.66. The smallest absolute Gasteiger partial charge is 0.339 e. The number of ether oxygens (including phenoxy) is 1. The molecule has 28 heavy (non-hydrogen) atoms. The minimum Gasteiger partial charge on any atom is -0.478 e. The Kier molecular flexibility index (Phi) is 6.04. The monoisotopic (exact) mass is 398 g/mol. The van der Waals surface area contributed by atoms with Crippen LogP contribution in [0.15, 0.2) is 48.8 Å². The maximum atomic E-state index is 12.9.